The van der Waals surface area contributed by atoms with Gasteiger partial charge in [0, 0.05) is 11.9 Å². The van der Waals surface area contributed by atoms with Crippen molar-refractivity contribution in [3.63, 3.8) is 0 Å². The van der Waals surface area contributed by atoms with Crippen molar-refractivity contribution in [3.05, 3.63) is 0 Å². The first-order valence-corrected chi connectivity index (χ1v) is 15.5. The van der Waals surface area contributed by atoms with Crippen LogP contribution in [0.25, 0.3) is 0 Å². The van der Waals surface area contributed by atoms with E-state index in [2.05, 4.69) is 22.9 Å². The molecule has 188 valence electrons. The number of alkyl halides is 2. The Hall–Kier alpha value is 0.840. The van der Waals surface area contributed by atoms with Gasteiger partial charge >= 0.3 is 7.82 Å². The van der Waals surface area contributed by atoms with E-state index < -0.39 is 13.2 Å². The van der Waals surface area contributed by atoms with Crippen LogP contribution < -0.4 is 0 Å². The molecule has 2 unspecified atom stereocenters. The summed E-state index contributed by atoms with van der Waals surface area (Å²) in [5.74, 6) is 0. The third-order valence-corrected chi connectivity index (χ3v) is 6.75. The van der Waals surface area contributed by atoms with E-state index >= 15 is 0 Å². The molecule has 0 fully saturated rings. The smallest absolute Gasteiger partial charge is 0.380 e. The van der Waals surface area contributed by atoms with Crippen molar-refractivity contribution >= 4 is 35.4 Å². The van der Waals surface area contributed by atoms with Crippen LogP contribution in [0.4, 0.5) is 0 Å². The quantitative estimate of drug-likeness (QED) is 0.0703. The SMILES string of the molecule is CCCCCCCCCCCCCCCCCCOCC(Cl)COP(=O)(O)OCCBr. The molecule has 0 aliphatic heterocycles. The lowest BCUT2D eigenvalue weighted by molar-refractivity contribution is 0.105. The van der Waals surface area contributed by atoms with E-state index in [1.165, 1.54) is 96.3 Å². The Bertz CT molecular complexity index is 417. The lowest BCUT2D eigenvalue weighted by atomic mass is 10.0. The molecule has 0 aromatic rings. The maximum absolute atomic E-state index is 11.5. The van der Waals surface area contributed by atoms with Crippen LogP contribution >= 0.6 is 35.4 Å². The van der Waals surface area contributed by atoms with E-state index in [0.717, 1.165) is 6.42 Å². The van der Waals surface area contributed by atoms with Gasteiger partial charge in [0.1, 0.15) is 0 Å². The topological polar surface area (TPSA) is 65.0 Å². The summed E-state index contributed by atoms with van der Waals surface area (Å²) >= 11 is 9.17. The fourth-order valence-electron chi connectivity index (χ4n) is 3.37. The highest BCUT2D eigenvalue weighted by atomic mass is 79.9. The van der Waals surface area contributed by atoms with E-state index in [0.29, 0.717) is 18.5 Å². The fourth-order valence-corrected chi connectivity index (χ4v) is 4.79. The largest absolute Gasteiger partial charge is 0.472 e. The number of phosphoric ester groups is 1. The van der Waals surface area contributed by atoms with Gasteiger partial charge in [-0.1, -0.05) is 119 Å². The molecule has 2 atom stereocenters. The van der Waals surface area contributed by atoms with Crippen molar-refractivity contribution in [3.8, 4) is 0 Å². The van der Waals surface area contributed by atoms with E-state index in [1.807, 2.05) is 0 Å². The lowest BCUT2D eigenvalue weighted by Crippen LogP contribution is -2.16. The molecule has 0 heterocycles. The zero-order valence-corrected chi connectivity index (χ0v) is 22.9. The molecule has 0 saturated heterocycles. The molecule has 0 radical (unpaired) electrons. The maximum atomic E-state index is 11.5. The van der Waals surface area contributed by atoms with Gasteiger partial charge in [-0.3, -0.25) is 9.05 Å². The van der Waals surface area contributed by atoms with Crippen LogP contribution in [0.3, 0.4) is 0 Å². The van der Waals surface area contributed by atoms with Crippen LogP contribution in [0.1, 0.15) is 110 Å². The predicted octanol–water partition coefficient (Wildman–Crippen LogP) is 8.40. The van der Waals surface area contributed by atoms with Gasteiger partial charge in [0.25, 0.3) is 0 Å². The monoisotopic (exact) mass is 548 g/mol. The van der Waals surface area contributed by atoms with Crippen molar-refractivity contribution in [1.82, 2.24) is 0 Å². The van der Waals surface area contributed by atoms with Gasteiger partial charge in [0.2, 0.25) is 0 Å². The first-order chi connectivity index (χ1) is 15.0. The molecule has 31 heavy (non-hydrogen) atoms. The Morgan fingerprint density at radius 2 is 1.19 bits per heavy atom. The number of ether oxygens (including phenoxy) is 1. The van der Waals surface area contributed by atoms with E-state index in [-0.39, 0.29) is 13.2 Å². The van der Waals surface area contributed by atoms with Crippen LogP contribution in [0.15, 0.2) is 0 Å². The van der Waals surface area contributed by atoms with Crippen molar-refractivity contribution in [2.24, 2.45) is 0 Å². The molecule has 0 amide bonds. The summed E-state index contributed by atoms with van der Waals surface area (Å²) in [4.78, 5) is 9.41. The van der Waals surface area contributed by atoms with Gasteiger partial charge in [-0.2, -0.15) is 0 Å². The molecule has 0 aliphatic rings. The molecule has 0 bridgehead atoms. The predicted molar refractivity (Wildman–Crippen MR) is 136 cm³/mol. The number of unbranched alkanes of at least 4 members (excludes halogenated alkanes) is 15. The van der Waals surface area contributed by atoms with E-state index in [4.69, 9.17) is 25.4 Å². The average Bonchev–Trinajstić information content (AvgIpc) is 2.75. The minimum Gasteiger partial charge on any atom is -0.380 e. The second-order valence-corrected chi connectivity index (χ2v) is 11.1. The van der Waals surface area contributed by atoms with Crippen LogP contribution in [0.2, 0.25) is 0 Å². The molecule has 0 rings (SSSR count). The van der Waals surface area contributed by atoms with Crippen molar-refractivity contribution in [2.45, 2.75) is 115 Å². The Morgan fingerprint density at radius 1 is 0.742 bits per heavy atom. The van der Waals surface area contributed by atoms with Crippen molar-refractivity contribution in [2.75, 3.05) is 31.8 Å². The molecule has 0 aromatic carbocycles. The summed E-state index contributed by atoms with van der Waals surface area (Å²) in [7, 11) is -4.01. The number of halogens is 2. The Kier molecular flexibility index (Phi) is 24.6. The van der Waals surface area contributed by atoms with Crippen LogP contribution in [-0.4, -0.2) is 42.0 Å². The summed E-state index contributed by atoms with van der Waals surface area (Å²) in [5.41, 5.74) is 0. The minimum absolute atomic E-state index is 0.0728. The summed E-state index contributed by atoms with van der Waals surface area (Å²) in [6.45, 7) is 3.28. The second-order valence-electron chi connectivity index (χ2n) is 8.26. The van der Waals surface area contributed by atoms with Crippen LogP contribution in [0.5, 0.6) is 0 Å². The van der Waals surface area contributed by atoms with Crippen LogP contribution in [0, 0.1) is 0 Å². The van der Waals surface area contributed by atoms with Gasteiger partial charge in [-0.05, 0) is 6.42 Å². The summed E-state index contributed by atoms with van der Waals surface area (Å²) < 4.78 is 26.6. The molecule has 0 saturated carbocycles. The van der Waals surface area contributed by atoms with Gasteiger partial charge in [-0.15, -0.1) is 11.6 Å². The highest BCUT2D eigenvalue weighted by molar-refractivity contribution is 9.09. The Morgan fingerprint density at radius 3 is 1.65 bits per heavy atom. The third kappa shape index (κ3) is 25.3. The summed E-state index contributed by atoms with van der Waals surface area (Å²) in [5, 5.41) is 0.00211. The first kappa shape index (κ1) is 31.8. The summed E-state index contributed by atoms with van der Waals surface area (Å²) in [6.07, 6.45) is 21.6. The van der Waals surface area contributed by atoms with E-state index in [1.54, 1.807) is 0 Å². The van der Waals surface area contributed by atoms with Crippen molar-refractivity contribution in [1.29, 1.82) is 0 Å². The van der Waals surface area contributed by atoms with Gasteiger partial charge in [0.05, 0.1) is 25.2 Å². The highest BCUT2D eigenvalue weighted by Crippen LogP contribution is 2.43. The number of phosphoric acid groups is 1. The second kappa shape index (κ2) is 24.0. The number of hydrogen-bond donors (Lipinski definition) is 1. The van der Waals surface area contributed by atoms with Crippen molar-refractivity contribution < 1.29 is 23.2 Å². The Labute approximate surface area is 205 Å². The minimum atomic E-state index is -4.01. The fraction of sp³-hybridized carbons (Fsp3) is 1.00. The van der Waals surface area contributed by atoms with Gasteiger partial charge < -0.3 is 9.63 Å². The zero-order valence-electron chi connectivity index (χ0n) is 19.7. The van der Waals surface area contributed by atoms with Gasteiger partial charge in [0.15, 0.2) is 0 Å². The molecule has 8 heteroatoms. The van der Waals surface area contributed by atoms with E-state index in [9.17, 15) is 9.46 Å². The lowest BCUT2D eigenvalue weighted by Gasteiger charge is -2.14. The standard InChI is InChI=1S/C23H47BrClO5P/c1-2-3-4-5-6-7-8-9-10-11-12-13-14-15-16-17-19-28-21-23(25)22-30-31(26,27)29-20-18-24/h23H,2-22H2,1H3,(H,26,27). The highest BCUT2D eigenvalue weighted by Gasteiger charge is 2.22. The maximum Gasteiger partial charge on any atom is 0.472 e. The molecule has 1 N–H and O–H groups in total. The third-order valence-electron chi connectivity index (χ3n) is 5.19. The molecule has 0 aromatic heterocycles. The Balaban J connectivity index is 3.25. The molecule has 0 aliphatic carbocycles. The van der Waals surface area contributed by atoms with Crippen LogP contribution in [-0.2, 0) is 18.3 Å². The molecule has 0 spiro atoms. The number of hydrogen-bond acceptors (Lipinski definition) is 4. The summed E-state index contributed by atoms with van der Waals surface area (Å²) in [6, 6.07) is 0. The zero-order chi connectivity index (χ0) is 23.0. The van der Waals surface area contributed by atoms with Gasteiger partial charge in [-0.25, -0.2) is 4.57 Å². The molecular weight excluding hydrogens is 503 g/mol. The normalized spacial score (nSPS) is 14.6. The molecular formula is C23H47BrClO5P. The number of rotatable bonds is 25. The molecule has 5 nitrogen and oxygen atoms in total. The first-order valence-electron chi connectivity index (χ1n) is 12.4. The average molecular weight is 550 g/mol.